The molecule has 4 heteroatoms. The standard InChI is InChI=1S/C21H31N3O/c1-22-11-8-18-15-24(16-20(18)21(22)25)19-9-13-23(14-10-19)12-7-17-5-3-2-4-6-17/h2-6,18-20H,7-16H2,1H3/t18-,20+/m1/s1. The van der Waals surface area contributed by atoms with Crippen molar-refractivity contribution in [3.63, 3.8) is 0 Å². The van der Waals surface area contributed by atoms with E-state index < -0.39 is 0 Å². The van der Waals surface area contributed by atoms with Gasteiger partial charge in [0.1, 0.15) is 0 Å². The summed E-state index contributed by atoms with van der Waals surface area (Å²) in [4.78, 5) is 19.6. The zero-order chi connectivity index (χ0) is 17.2. The molecule has 0 saturated carbocycles. The van der Waals surface area contributed by atoms with E-state index in [0.717, 1.165) is 26.1 Å². The van der Waals surface area contributed by atoms with Gasteiger partial charge in [0.15, 0.2) is 0 Å². The number of fused-ring (bicyclic) bond motifs is 1. The Kier molecular flexibility index (Phi) is 5.09. The summed E-state index contributed by atoms with van der Waals surface area (Å²) in [5.41, 5.74) is 1.44. The van der Waals surface area contributed by atoms with Crippen molar-refractivity contribution in [3.8, 4) is 0 Å². The molecule has 1 aromatic carbocycles. The van der Waals surface area contributed by atoms with Gasteiger partial charge in [-0.3, -0.25) is 9.69 Å². The molecule has 4 rings (SSSR count). The summed E-state index contributed by atoms with van der Waals surface area (Å²) >= 11 is 0. The number of carbonyl (C=O) groups excluding carboxylic acids is 1. The molecule has 0 radical (unpaired) electrons. The summed E-state index contributed by atoms with van der Waals surface area (Å²) in [7, 11) is 1.96. The minimum absolute atomic E-state index is 0.273. The van der Waals surface area contributed by atoms with Gasteiger partial charge in [0.05, 0.1) is 5.92 Å². The molecule has 136 valence electrons. The van der Waals surface area contributed by atoms with Crippen LogP contribution in [0.25, 0.3) is 0 Å². The molecule has 3 fully saturated rings. The first kappa shape index (κ1) is 17.0. The van der Waals surface area contributed by atoms with E-state index in [9.17, 15) is 4.79 Å². The molecule has 1 amide bonds. The number of piperidine rings is 2. The van der Waals surface area contributed by atoms with Crippen LogP contribution in [0, 0.1) is 11.8 Å². The minimum Gasteiger partial charge on any atom is -0.345 e. The maximum atomic E-state index is 12.4. The second-order valence-electron chi connectivity index (χ2n) is 8.18. The first-order valence-corrected chi connectivity index (χ1v) is 9.96. The van der Waals surface area contributed by atoms with E-state index in [4.69, 9.17) is 0 Å². The van der Waals surface area contributed by atoms with Crippen molar-refractivity contribution in [3.05, 3.63) is 35.9 Å². The highest BCUT2D eigenvalue weighted by Gasteiger charge is 2.43. The predicted octanol–water partition coefficient (Wildman–Crippen LogP) is 2.10. The molecule has 0 spiro atoms. The van der Waals surface area contributed by atoms with Crippen LogP contribution in [0.5, 0.6) is 0 Å². The largest absolute Gasteiger partial charge is 0.345 e. The molecule has 0 unspecified atom stereocenters. The highest BCUT2D eigenvalue weighted by atomic mass is 16.2. The van der Waals surface area contributed by atoms with Crippen molar-refractivity contribution in [2.45, 2.75) is 31.7 Å². The molecule has 0 aliphatic carbocycles. The van der Waals surface area contributed by atoms with Gasteiger partial charge in [0.25, 0.3) is 0 Å². The van der Waals surface area contributed by atoms with E-state index in [1.807, 2.05) is 11.9 Å². The maximum absolute atomic E-state index is 12.4. The van der Waals surface area contributed by atoms with Gasteiger partial charge in [0.2, 0.25) is 5.91 Å². The number of rotatable bonds is 4. The average molecular weight is 341 g/mol. The van der Waals surface area contributed by atoms with Gasteiger partial charge in [-0.2, -0.15) is 0 Å². The van der Waals surface area contributed by atoms with Crippen LogP contribution in [-0.2, 0) is 11.2 Å². The van der Waals surface area contributed by atoms with Crippen molar-refractivity contribution in [1.82, 2.24) is 14.7 Å². The SMILES string of the molecule is CN1CC[C@@H]2CN(C3CCN(CCc4ccccc4)CC3)C[C@@H]2C1=O. The molecular formula is C21H31N3O. The van der Waals surface area contributed by atoms with Gasteiger partial charge in [-0.15, -0.1) is 0 Å². The summed E-state index contributed by atoms with van der Waals surface area (Å²) in [5.74, 6) is 1.27. The normalized spacial score (nSPS) is 29.2. The highest BCUT2D eigenvalue weighted by molar-refractivity contribution is 5.80. The van der Waals surface area contributed by atoms with E-state index >= 15 is 0 Å². The summed E-state index contributed by atoms with van der Waals surface area (Å²) in [6.07, 6.45) is 4.87. The van der Waals surface area contributed by atoms with Gasteiger partial charge < -0.3 is 9.80 Å². The molecule has 0 aromatic heterocycles. The summed E-state index contributed by atoms with van der Waals surface area (Å²) in [6.45, 7) is 6.69. The quantitative estimate of drug-likeness (QED) is 0.839. The molecule has 25 heavy (non-hydrogen) atoms. The monoisotopic (exact) mass is 341 g/mol. The molecule has 3 aliphatic heterocycles. The molecule has 3 aliphatic rings. The Bertz CT molecular complexity index is 582. The number of hydrogen-bond donors (Lipinski definition) is 0. The van der Waals surface area contributed by atoms with Crippen LogP contribution >= 0.6 is 0 Å². The van der Waals surface area contributed by atoms with Crippen molar-refractivity contribution < 1.29 is 4.79 Å². The first-order valence-electron chi connectivity index (χ1n) is 9.96. The van der Waals surface area contributed by atoms with Crippen LogP contribution in [0.3, 0.4) is 0 Å². The zero-order valence-corrected chi connectivity index (χ0v) is 15.4. The van der Waals surface area contributed by atoms with Crippen molar-refractivity contribution in [1.29, 1.82) is 0 Å². The second kappa shape index (κ2) is 7.46. The lowest BCUT2D eigenvalue weighted by Crippen LogP contribution is -2.45. The van der Waals surface area contributed by atoms with Gasteiger partial charge in [-0.25, -0.2) is 0 Å². The van der Waals surface area contributed by atoms with E-state index in [-0.39, 0.29) is 5.92 Å². The van der Waals surface area contributed by atoms with E-state index in [2.05, 4.69) is 40.1 Å². The van der Waals surface area contributed by atoms with E-state index in [1.54, 1.807) is 0 Å². The van der Waals surface area contributed by atoms with Crippen LogP contribution in [0.4, 0.5) is 0 Å². The lowest BCUT2D eigenvalue weighted by molar-refractivity contribution is -0.137. The number of nitrogens with zero attached hydrogens (tertiary/aromatic N) is 3. The van der Waals surface area contributed by atoms with E-state index in [0.29, 0.717) is 17.9 Å². The summed E-state index contributed by atoms with van der Waals surface area (Å²) in [5, 5.41) is 0. The topological polar surface area (TPSA) is 26.8 Å². The fourth-order valence-corrected chi connectivity index (χ4v) is 4.97. The lowest BCUT2D eigenvalue weighted by Gasteiger charge is -2.36. The molecule has 3 saturated heterocycles. The fraction of sp³-hybridized carbons (Fsp3) is 0.667. The van der Waals surface area contributed by atoms with Crippen molar-refractivity contribution in [2.24, 2.45) is 11.8 Å². The Hall–Kier alpha value is -1.39. The highest BCUT2D eigenvalue weighted by Crippen LogP contribution is 2.34. The first-order chi connectivity index (χ1) is 12.2. The average Bonchev–Trinajstić information content (AvgIpc) is 3.09. The van der Waals surface area contributed by atoms with Gasteiger partial charge in [-0.1, -0.05) is 30.3 Å². The van der Waals surface area contributed by atoms with E-state index in [1.165, 1.54) is 44.5 Å². The minimum atomic E-state index is 0.273. The molecule has 0 bridgehead atoms. The molecule has 3 heterocycles. The third kappa shape index (κ3) is 3.75. The van der Waals surface area contributed by atoms with Crippen LogP contribution in [0.2, 0.25) is 0 Å². The van der Waals surface area contributed by atoms with Gasteiger partial charge in [0, 0.05) is 39.3 Å². The van der Waals surface area contributed by atoms with Crippen molar-refractivity contribution in [2.75, 3.05) is 46.3 Å². The third-order valence-electron chi connectivity index (χ3n) is 6.63. The molecule has 4 nitrogen and oxygen atoms in total. The Morgan fingerprint density at radius 2 is 1.76 bits per heavy atom. The van der Waals surface area contributed by atoms with Crippen LogP contribution < -0.4 is 0 Å². The predicted molar refractivity (Wildman–Crippen MR) is 100 cm³/mol. The second-order valence-corrected chi connectivity index (χ2v) is 8.18. The number of hydrogen-bond acceptors (Lipinski definition) is 3. The maximum Gasteiger partial charge on any atom is 0.227 e. The Morgan fingerprint density at radius 1 is 1.00 bits per heavy atom. The smallest absolute Gasteiger partial charge is 0.227 e. The number of likely N-dealkylation sites (tertiary alicyclic amines) is 3. The molecule has 0 N–H and O–H groups in total. The van der Waals surface area contributed by atoms with Gasteiger partial charge in [-0.05, 0) is 50.3 Å². The zero-order valence-electron chi connectivity index (χ0n) is 15.4. The fourth-order valence-electron chi connectivity index (χ4n) is 4.97. The third-order valence-corrected chi connectivity index (χ3v) is 6.63. The molecule has 2 atom stereocenters. The number of benzene rings is 1. The van der Waals surface area contributed by atoms with Crippen LogP contribution in [0.1, 0.15) is 24.8 Å². The van der Waals surface area contributed by atoms with Crippen molar-refractivity contribution >= 4 is 5.91 Å². The van der Waals surface area contributed by atoms with Gasteiger partial charge >= 0.3 is 0 Å². The lowest BCUT2D eigenvalue weighted by atomic mass is 9.88. The molecule has 1 aromatic rings. The summed E-state index contributed by atoms with van der Waals surface area (Å²) < 4.78 is 0. The van der Waals surface area contributed by atoms with Crippen LogP contribution in [-0.4, -0.2) is 73.0 Å². The Balaban J connectivity index is 1.25. The number of amides is 1. The van der Waals surface area contributed by atoms with Crippen LogP contribution in [0.15, 0.2) is 30.3 Å². The number of carbonyl (C=O) groups is 1. The summed E-state index contributed by atoms with van der Waals surface area (Å²) in [6, 6.07) is 11.5. The Labute approximate surface area is 151 Å². The molecular weight excluding hydrogens is 310 g/mol. The Morgan fingerprint density at radius 3 is 2.52 bits per heavy atom.